The van der Waals surface area contributed by atoms with Crippen LogP contribution in [-0.2, 0) is 4.79 Å². The number of amides is 1. The lowest BCUT2D eigenvalue weighted by Crippen LogP contribution is -3.16. The molecule has 1 unspecified atom stereocenters. The molecule has 2 aliphatic rings. The summed E-state index contributed by atoms with van der Waals surface area (Å²) in [5, 5.41) is 14.1. The van der Waals surface area contributed by atoms with E-state index in [4.69, 9.17) is 0 Å². The van der Waals surface area contributed by atoms with Crippen LogP contribution in [0.15, 0.2) is 24.3 Å². The highest BCUT2D eigenvalue weighted by molar-refractivity contribution is 5.76. The molecule has 4 atom stereocenters. The van der Waals surface area contributed by atoms with Crippen LogP contribution in [-0.4, -0.2) is 36.2 Å². The molecular weight excluding hydrogens is 319 g/mol. The van der Waals surface area contributed by atoms with Gasteiger partial charge < -0.3 is 15.3 Å². The maximum absolute atomic E-state index is 13.4. The van der Waals surface area contributed by atoms with E-state index in [0.717, 1.165) is 50.6 Å². The highest BCUT2D eigenvalue weighted by Gasteiger charge is 2.51. The van der Waals surface area contributed by atoms with Crippen molar-refractivity contribution in [2.45, 2.75) is 57.1 Å². The van der Waals surface area contributed by atoms with Gasteiger partial charge in [0.05, 0.1) is 12.1 Å². The van der Waals surface area contributed by atoms with Crippen LogP contribution < -0.4 is 10.2 Å². The van der Waals surface area contributed by atoms with Gasteiger partial charge in [-0.15, -0.1) is 0 Å². The van der Waals surface area contributed by atoms with Crippen molar-refractivity contribution in [1.82, 2.24) is 5.32 Å². The van der Waals surface area contributed by atoms with Crippen LogP contribution in [0.3, 0.4) is 0 Å². The average Bonchev–Trinajstić information content (AvgIpc) is 2.61. The van der Waals surface area contributed by atoms with Crippen LogP contribution in [0.4, 0.5) is 4.39 Å². The number of carbonyl (C=O) groups is 1. The fourth-order valence-corrected chi connectivity index (χ4v) is 4.72. The molecule has 0 aromatic heterocycles. The van der Waals surface area contributed by atoms with Gasteiger partial charge in [0, 0.05) is 24.4 Å². The Kier molecular flexibility index (Phi) is 5.74. The van der Waals surface area contributed by atoms with E-state index in [9.17, 15) is 14.3 Å². The minimum atomic E-state index is -0.638. The summed E-state index contributed by atoms with van der Waals surface area (Å²) in [6.07, 6.45) is 5.65. The highest BCUT2D eigenvalue weighted by atomic mass is 19.1. The van der Waals surface area contributed by atoms with Crippen LogP contribution >= 0.6 is 0 Å². The summed E-state index contributed by atoms with van der Waals surface area (Å²) in [6, 6.07) is 6.67. The van der Waals surface area contributed by atoms with Gasteiger partial charge in [0.25, 0.3) is 5.91 Å². The second kappa shape index (κ2) is 7.83. The summed E-state index contributed by atoms with van der Waals surface area (Å²) in [6.45, 7) is 3.92. The van der Waals surface area contributed by atoms with Gasteiger partial charge in [-0.2, -0.15) is 0 Å². The largest absolute Gasteiger partial charge is 0.389 e. The molecule has 1 heterocycles. The van der Waals surface area contributed by atoms with E-state index in [2.05, 4.69) is 5.32 Å². The molecule has 138 valence electrons. The van der Waals surface area contributed by atoms with E-state index in [0.29, 0.717) is 13.1 Å². The van der Waals surface area contributed by atoms with Crippen molar-refractivity contribution in [2.75, 3.05) is 19.6 Å². The summed E-state index contributed by atoms with van der Waals surface area (Å²) in [5.41, 5.74) is 0.394. The number of hydrogen-bond acceptors (Lipinski definition) is 2. The fraction of sp³-hybridized carbons (Fsp3) is 0.650. The Morgan fingerprint density at radius 1 is 1.32 bits per heavy atom. The molecule has 1 aromatic carbocycles. The first-order chi connectivity index (χ1) is 12.0. The van der Waals surface area contributed by atoms with Crippen LogP contribution in [0.5, 0.6) is 0 Å². The predicted molar refractivity (Wildman–Crippen MR) is 94.7 cm³/mol. The third-order valence-corrected chi connectivity index (χ3v) is 5.98. The number of likely N-dealkylation sites (tertiary alicyclic amines) is 1. The third kappa shape index (κ3) is 4.04. The summed E-state index contributed by atoms with van der Waals surface area (Å²) in [5.74, 6) is -0.0552. The monoisotopic (exact) mass is 349 g/mol. The van der Waals surface area contributed by atoms with Gasteiger partial charge in [0.2, 0.25) is 0 Å². The number of halogens is 1. The van der Waals surface area contributed by atoms with E-state index in [1.807, 2.05) is 19.1 Å². The number of hydrogen-bond donors (Lipinski definition) is 3. The number of fused-ring (bicyclic) bond motifs is 1. The molecule has 2 fully saturated rings. The number of carbonyl (C=O) groups excluding carboxylic acids is 1. The number of aliphatic hydroxyl groups is 1. The van der Waals surface area contributed by atoms with Crippen LogP contribution in [0.2, 0.25) is 0 Å². The van der Waals surface area contributed by atoms with Gasteiger partial charge in [0.1, 0.15) is 11.9 Å². The summed E-state index contributed by atoms with van der Waals surface area (Å²) in [7, 11) is 0. The smallest absolute Gasteiger partial charge is 0.275 e. The number of quaternary nitrogens is 1. The highest BCUT2D eigenvalue weighted by Crippen LogP contribution is 2.43. The van der Waals surface area contributed by atoms with Gasteiger partial charge in [-0.25, -0.2) is 4.39 Å². The lowest BCUT2D eigenvalue weighted by Gasteiger charge is -2.50. The number of nitrogens with one attached hydrogen (secondary N) is 2. The van der Waals surface area contributed by atoms with Gasteiger partial charge in [-0.1, -0.05) is 31.9 Å². The molecule has 1 saturated carbocycles. The van der Waals surface area contributed by atoms with Crippen molar-refractivity contribution in [3.8, 4) is 0 Å². The molecule has 0 radical (unpaired) electrons. The Morgan fingerprint density at radius 3 is 2.80 bits per heavy atom. The predicted octanol–water partition coefficient (Wildman–Crippen LogP) is 1.60. The Balaban J connectivity index is 1.85. The first-order valence-electron chi connectivity index (χ1n) is 9.62. The lowest BCUT2D eigenvalue weighted by atomic mass is 9.66. The lowest BCUT2D eigenvalue weighted by molar-refractivity contribution is -0.937. The molecule has 3 N–H and O–H groups in total. The Labute approximate surface area is 149 Å². The number of piperidine rings is 1. The Hall–Kier alpha value is -1.46. The van der Waals surface area contributed by atoms with Gasteiger partial charge in [0.15, 0.2) is 6.54 Å². The quantitative estimate of drug-likeness (QED) is 0.756. The van der Waals surface area contributed by atoms with E-state index in [-0.39, 0.29) is 23.7 Å². The zero-order valence-corrected chi connectivity index (χ0v) is 15.1. The van der Waals surface area contributed by atoms with E-state index >= 15 is 0 Å². The Bertz CT molecular complexity index is 592. The van der Waals surface area contributed by atoms with E-state index < -0.39 is 5.60 Å². The van der Waals surface area contributed by atoms with E-state index in [1.54, 1.807) is 0 Å². The van der Waals surface area contributed by atoms with Crippen LogP contribution in [0, 0.1) is 11.7 Å². The minimum Gasteiger partial charge on any atom is -0.389 e. The van der Waals surface area contributed by atoms with Crippen LogP contribution in [0.1, 0.15) is 57.1 Å². The second-order valence-electron chi connectivity index (χ2n) is 7.67. The normalized spacial score (nSPS) is 32.0. The van der Waals surface area contributed by atoms with Crippen molar-refractivity contribution in [3.05, 3.63) is 35.6 Å². The molecule has 1 aromatic rings. The SMILES string of the molecule is CCCNC(=O)C[NH+]1CC[C@@]2(O)CCCC[C@@H]2[C@@H]1c1ccc(F)cc1. The molecule has 5 heteroatoms. The zero-order valence-electron chi connectivity index (χ0n) is 15.1. The molecule has 1 aliphatic heterocycles. The second-order valence-corrected chi connectivity index (χ2v) is 7.67. The molecule has 1 saturated heterocycles. The standard InChI is InChI=1S/C20H29FN2O2/c1-2-12-22-18(24)14-23-13-11-20(25)10-4-3-5-17(20)19(23)15-6-8-16(21)9-7-15/h6-9,17,19,25H,2-5,10-14H2,1H3,(H,22,24)/p+1/t17-,19+,20+/m1/s1. The minimum absolute atomic E-state index is 0.0482. The number of rotatable bonds is 5. The van der Waals surface area contributed by atoms with Crippen molar-refractivity contribution >= 4 is 5.91 Å². The third-order valence-electron chi connectivity index (χ3n) is 5.98. The molecule has 1 amide bonds. The molecule has 0 spiro atoms. The van der Waals surface area contributed by atoms with Crippen molar-refractivity contribution < 1.29 is 19.2 Å². The summed E-state index contributed by atoms with van der Waals surface area (Å²) >= 11 is 0. The zero-order chi connectivity index (χ0) is 17.9. The van der Waals surface area contributed by atoms with Gasteiger partial charge in [-0.3, -0.25) is 4.79 Å². The van der Waals surface area contributed by atoms with Crippen molar-refractivity contribution in [2.24, 2.45) is 5.92 Å². The van der Waals surface area contributed by atoms with Crippen molar-refractivity contribution in [1.29, 1.82) is 0 Å². The molecular formula is C20H30FN2O2+. The Morgan fingerprint density at radius 2 is 2.08 bits per heavy atom. The number of benzene rings is 1. The maximum Gasteiger partial charge on any atom is 0.275 e. The van der Waals surface area contributed by atoms with Crippen LogP contribution in [0.25, 0.3) is 0 Å². The maximum atomic E-state index is 13.4. The van der Waals surface area contributed by atoms with Gasteiger partial charge in [-0.05, 0) is 31.4 Å². The molecule has 4 nitrogen and oxygen atoms in total. The van der Waals surface area contributed by atoms with Gasteiger partial charge >= 0.3 is 0 Å². The molecule has 25 heavy (non-hydrogen) atoms. The van der Waals surface area contributed by atoms with Crippen molar-refractivity contribution in [3.63, 3.8) is 0 Å². The summed E-state index contributed by atoms with van der Waals surface area (Å²) < 4.78 is 13.4. The van der Waals surface area contributed by atoms with E-state index in [1.165, 1.54) is 17.0 Å². The molecule has 3 rings (SSSR count). The molecule has 1 aliphatic carbocycles. The average molecular weight is 349 g/mol. The molecule has 0 bridgehead atoms. The fourth-order valence-electron chi connectivity index (χ4n) is 4.72. The first kappa shape index (κ1) is 18.3. The topological polar surface area (TPSA) is 53.8 Å². The first-order valence-corrected chi connectivity index (χ1v) is 9.62. The summed E-state index contributed by atoms with van der Waals surface area (Å²) in [4.78, 5) is 13.5.